The Kier molecular flexibility index (Phi) is 4.98. The van der Waals surface area contributed by atoms with Crippen LogP contribution in [0.25, 0.3) is 0 Å². The van der Waals surface area contributed by atoms with Gasteiger partial charge in [-0.05, 0) is 51.8 Å². The molecule has 21 heavy (non-hydrogen) atoms. The van der Waals surface area contributed by atoms with E-state index in [4.69, 9.17) is 17.3 Å². The summed E-state index contributed by atoms with van der Waals surface area (Å²) in [5.41, 5.74) is 7.04. The Balaban J connectivity index is 2.10. The number of primary amides is 1. The van der Waals surface area contributed by atoms with E-state index in [-0.39, 0.29) is 12.3 Å². The number of amides is 2. The first-order chi connectivity index (χ1) is 9.95. The molecule has 2 aromatic rings. The van der Waals surface area contributed by atoms with Crippen LogP contribution in [0.15, 0.2) is 46.9 Å². The largest absolute Gasteiger partial charge is 0.369 e. The Hall–Kier alpha value is -1.85. The topological polar surface area (TPSA) is 72.2 Å². The van der Waals surface area contributed by atoms with Gasteiger partial charge in [0.15, 0.2) is 0 Å². The fourth-order valence-corrected chi connectivity index (χ4v) is 2.64. The summed E-state index contributed by atoms with van der Waals surface area (Å²) in [4.78, 5) is 23.0. The molecule has 6 heteroatoms. The second-order valence-corrected chi connectivity index (χ2v) is 5.71. The van der Waals surface area contributed by atoms with Crippen LogP contribution in [0.5, 0.6) is 0 Å². The van der Waals surface area contributed by atoms with Gasteiger partial charge in [0, 0.05) is 15.2 Å². The first-order valence-electron chi connectivity index (χ1n) is 6.09. The maximum atomic E-state index is 12.2. The van der Waals surface area contributed by atoms with Gasteiger partial charge in [0.25, 0.3) is 5.91 Å². The molecule has 0 atom stereocenters. The molecular formula is C15H12BrClN2O2. The van der Waals surface area contributed by atoms with Crippen LogP contribution in [-0.2, 0) is 11.2 Å². The van der Waals surface area contributed by atoms with E-state index in [0.29, 0.717) is 20.7 Å². The lowest BCUT2D eigenvalue weighted by atomic mass is 10.1. The summed E-state index contributed by atoms with van der Waals surface area (Å²) in [7, 11) is 0. The number of carbonyl (C=O) groups is 2. The molecule has 0 radical (unpaired) electrons. The number of nitrogens with one attached hydrogen (secondary N) is 1. The standard InChI is InChI=1S/C15H12BrClN2O2/c16-13-8-10(17)3-6-12(13)15(21)19-11-4-1-9(2-5-11)7-14(18)20/h1-6,8H,7H2,(H2,18,20)(H,19,21). The minimum atomic E-state index is -0.392. The van der Waals surface area contributed by atoms with Crippen molar-refractivity contribution in [1.29, 1.82) is 0 Å². The van der Waals surface area contributed by atoms with E-state index >= 15 is 0 Å². The van der Waals surface area contributed by atoms with Crippen LogP contribution in [0.4, 0.5) is 5.69 Å². The molecule has 108 valence electrons. The van der Waals surface area contributed by atoms with Gasteiger partial charge < -0.3 is 11.1 Å². The van der Waals surface area contributed by atoms with E-state index in [2.05, 4.69) is 21.2 Å². The number of rotatable bonds is 4. The Morgan fingerprint density at radius 1 is 1.14 bits per heavy atom. The van der Waals surface area contributed by atoms with Crippen LogP contribution in [0.1, 0.15) is 15.9 Å². The summed E-state index contributed by atoms with van der Waals surface area (Å²) >= 11 is 9.14. The molecule has 2 rings (SSSR count). The minimum absolute atomic E-state index is 0.178. The Morgan fingerprint density at radius 3 is 2.38 bits per heavy atom. The number of hydrogen-bond acceptors (Lipinski definition) is 2. The number of anilines is 1. The predicted molar refractivity (Wildman–Crippen MR) is 86.4 cm³/mol. The molecule has 0 aliphatic rings. The molecule has 0 aliphatic carbocycles. The van der Waals surface area contributed by atoms with Gasteiger partial charge in [0.1, 0.15) is 0 Å². The normalized spacial score (nSPS) is 10.2. The summed E-state index contributed by atoms with van der Waals surface area (Å²) in [6.07, 6.45) is 0.178. The molecule has 0 saturated carbocycles. The van der Waals surface area contributed by atoms with E-state index in [1.165, 1.54) is 0 Å². The van der Waals surface area contributed by atoms with Gasteiger partial charge in [-0.1, -0.05) is 23.7 Å². The zero-order chi connectivity index (χ0) is 15.4. The number of halogens is 2. The van der Waals surface area contributed by atoms with Crippen molar-refractivity contribution >= 4 is 45.0 Å². The number of carbonyl (C=O) groups excluding carboxylic acids is 2. The summed E-state index contributed by atoms with van der Waals surface area (Å²) in [6, 6.07) is 11.9. The van der Waals surface area contributed by atoms with Gasteiger partial charge in [-0.3, -0.25) is 9.59 Å². The van der Waals surface area contributed by atoms with Gasteiger partial charge >= 0.3 is 0 Å². The molecular weight excluding hydrogens is 356 g/mol. The molecule has 0 spiro atoms. The average Bonchev–Trinajstić information content (AvgIpc) is 2.40. The summed E-state index contributed by atoms with van der Waals surface area (Å²) in [5.74, 6) is -0.641. The summed E-state index contributed by atoms with van der Waals surface area (Å²) in [5, 5.41) is 3.32. The predicted octanol–water partition coefficient (Wildman–Crippen LogP) is 3.38. The molecule has 0 bridgehead atoms. The molecule has 0 saturated heterocycles. The Labute approximate surface area is 135 Å². The minimum Gasteiger partial charge on any atom is -0.369 e. The van der Waals surface area contributed by atoms with Gasteiger partial charge in [0.2, 0.25) is 5.91 Å². The maximum absolute atomic E-state index is 12.2. The molecule has 4 nitrogen and oxygen atoms in total. The first-order valence-corrected chi connectivity index (χ1v) is 7.26. The molecule has 0 unspecified atom stereocenters. The van der Waals surface area contributed by atoms with Crippen molar-refractivity contribution in [2.45, 2.75) is 6.42 Å². The van der Waals surface area contributed by atoms with Gasteiger partial charge in [-0.2, -0.15) is 0 Å². The Morgan fingerprint density at radius 2 is 1.81 bits per heavy atom. The van der Waals surface area contributed by atoms with Gasteiger partial charge in [-0.15, -0.1) is 0 Å². The van der Waals surface area contributed by atoms with Crippen molar-refractivity contribution in [3.63, 3.8) is 0 Å². The van der Waals surface area contributed by atoms with E-state index in [1.54, 1.807) is 42.5 Å². The lowest BCUT2D eigenvalue weighted by Crippen LogP contribution is -2.14. The highest BCUT2D eigenvalue weighted by Gasteiger charge is 2.10. The summed E-state index contributed by atoms with van der Waals surface area (Å²) < 4.78 is 0.623. The van der Waals surface area contributed by atoms with Crippen LogP contribution >= 0.6 is 27.5 Å². The highest BCUT2D eigenvalue weighted by molar-refractivity contribution is 9.10. The first kappa shape index (κ1) is 15.5. The highest BCUT2D eigenvalue weighted by atomic mass is 79.9. The van der Waals surface area contributed by atoms with Crippen molar-refractivity contribution in [3.05, 3.63) is 63.1 Å². The zero-order valence-corrected chi connectivity index (χ0v) is 13.2. The number of hydrogen-bond donors (Lipinski definition) is 2. The fraction of sp³-hybridized carbons (Fsp3) is 0.0667. The van der Waals surface area contributed by atoms with Gasteiger partial charge in [-0.25, -0.2) is 0 Å². The van der Waals surface area contributed by atoms with Crippen LogP contribution in [-0.4, -0.2) is 11.8 Å². The van der Waals surface area contributed by atoms with E-state index in [9.17, 15) is 9.59 Å². The zero-order valence-electron chi connectivity index (χ0n) is 10.9. The maximum Gasteiger partial charge on any atom is 0.256 e. The monoisotopic (exact) mass is 366 g/mol. The summed E-state index contributed by atoms with van der Waals surface area (Å²) in [6.45, 7) is 0. The SMILES string of the molecule is NC(=O)Cc1ccc(NC(=O)c2ccc(Cl)cc2Br)cc1. The van der Waals surface area contributed by atoms with Crippen LogP contribution < -0.4 is 11.1 Å². The quantitative estimate of drug-likeness (QED) is 0.869. The van der Waals surface area contributed by atoms with Crippen molar-refractivity contribution < 1.29 is 9.59 Å². The van der Waals surface area contributed by atoms with E-state index < -0.39 is 5.91 Å². The third-order valence-electron chi connectivity index (χ3n) is 2.77. The smallest absolute Gasteiger partial charge is 0.256 e. The third-order valence-corrected chi connectivity index (χ3v) is 3.66. The second-order valence-electron chi connectivity index (χ2n) is 4.42. The van der Waals surface area contributed by atoms with E-state index in [1.807, 2.05) is 0 Å². The van der Waals surface area contributed by atoms with Crippen LogP contribution in [0, 0.1) is 0 Å². The molecule has 0 aliphatic heterocycles. The number of nitrogens with two attached hydrogens (primary N) is 1. The lowest BCUT2D eigenvalue weighted by molar-refractivity contribution is -0.117. The van der Waals surface area contributed by atoms with Crippen molar-refractivity contribution in [3.8, 4) is 0 Å². The van der Waals surface area contributed by atoms with Crippen molar-refractivity contribution in [1.82, 2.24) is 0 Å². The second kappa shape index (κ2) is 6.74. The van der Waals surface area contributed by atoms with Crippen molar-refractivity contribution in [2.75, 3.05) is 5.32 Å². The third kappa shape index (κ3) is 4.31. The fourth-order valence-electron chi connectivity index (χ4n) is 1.78. The van der Waals surface area contributed by atoms with Gasteiger partial charge in [0.05, 0.1) is 12.0 Å². The number of benzene rings is 2. The van der Waals surface area contributed by atoms with Crippen molar-refractivity contribution in [2.24, 2.45) is 5.73 Å². The lowest BCUT2D eigenvalue weighted by Gasteiger charge is -2.08. The Bertz CT molecular complexity index is 687. The molecule has 0 fully saturated rings. The molecule has 2 aromatic carbocycles. The van der Waals surface area contributed by atoms with Crippen LogP contribution in [0.2, 0.25) is 5.02 Å². The molecule has 0 aromatic heterocycles. The molecule has 3 N–H and O–H groups in total. The molecule has 0 heterocycles. The van der Waals surface area contributed by atoms with Crippen LogP contribution in [0.3, 0.4) is 0 Å². The average molecular weight is 368 g/mol. The highest BCUT2D eigenvalue weighted by Crippen LogP contribution is 2.22. The molecule has 2 amide bonds. The van der Waals surface area contributed by atoms with E-state index in [0.717, 1.165) is 5.56 Å².